The highest BCUT2D eigenvalue weighted by molar-refractivity contribution is 8.00. The van der Waals surface area contributed by atoms with Crippen LogP contribution >= 0.6 is 23.1 Å². The molecule has 0 amide bonds. The lowest BCUT2D eigenvalue weighted by atomic mass is 10.0. The molecular weight excluding hydrogens is 418 g/mol. The summed E-state index contributed by atoms with van der Waals surface area (Å²) < 4.78 is 12.0. The minimum atomic E-state index is 0.249. The van der Waals surface area contributed by atoms with Gasteiger partial charge in [0.1, 0.15) is 10.1 Å². The molecule has 2 heterocycles. The molecule has 0 radical (unpaired) electrons. The first-order chi connectivity index (χ1) is 14.8. The fraction of sp³-hybridized carbons (Fsp3) is 0.524. The molecule has 2 aromatic rings. The molecule has 1 aliphatic rings. The van der Waals surface area contributed by atoms with E-state index in [0.717, 1.165) is 67.6 Å². The van der Waals surface area contributed by atoms with Crippen LogP contribution in [0.3, 0.4) is 0 Å². The summed E-state index contributed by atoms with van der Waals surface area (Å²) >= 11 is 3.49. The normalized spacial score (nSPS) is 16.3. The number of methoxy groups -OCH3 is 1. The molecule has 9 heteroatoms. The number of rotatable bonds is 10. The summed E-state index contributed by atoms with van der Waals surface area (Å²) in [4.78, 5) is 11.2. The lowest BCUT2D eigenvalue weighted by Crippen LogP contribution is -2.46. The summed E-state index contributed by atoms with van der Waals surface area (Å²) in [5, 5.41) is 8.94. The third-order valence-electron chi connectivity index (χ3n) is 4.92. The Bertz CT molecular complexity index is 749. The zero-order chi connectivity index (χ0) is 21.0. The van der Waals surface area contributed by atoms with Crippen LogP contribution in [0.15, 0.2) is 45.2 Å². The molecule has 1 unspecified atom stereocenters. The number of nitrogens with one attached hydrogen (secondary N) is 2. The second kappa shape index (κ2) is 12.8. The first-order valence-corrected chi connectivity index (χ1v) is 12.1. The molecule has 0 bridgehead atoms. The van der Waals surface area contributed by atoms with Gasteiger partial charge in [0, 0.05) is 50.6 Å². The fourth-order valence-corrected chi connectivity index (χ4v) is 4.95. The second-order valence-electron chi connectivity index (χ2n) is 6.82. The number of benzene rings is 1. The number of guanidine groups is 1. The van der Waals surface area contributed by atoms with E-state index in [2.05, 4.69) is 37.6 Å². The van der Waals surface area contributed by atoms with Gasteiger partial charge in [0.25, 0.3) is 0 Å². The zero-order valence-corrected chi connectivity index (χ0v) is 19.3. The number of ether oxygens (including phenoxy) is 2. The van der Waals surface area contributed by atoms with Crippen molar-refractivity contribution in [2.24, 2.45) is 4.99 Å². The van der Waals surface area contributed by atoms with Crippen LogP contribution < -0.4 is 15.4 Å². The van der Waals surface area contributed by atoms with Gasteiger partial charge in [-0.3, -0.25) is 9.89 Å². The molecular formula is C21H31N5O2S2. The summed E-state index contributed by atoms with van der Waals surface area (Å²) in [6, 6.07) is 8.59. The van der Waals surface area contributed by atoms with E-state index in [9.17, 15) is 0 Å². The smallest absolute Gasteiger partial charge is 0.191 e. The lowest BCUT2D eigenvalue weighted by molar-refractivity contribution is 0.0170. The van der Waals surface area contributed by atoms with Crippen LogP contribution in [-0.4, -0.2) is 75.1 Å². The molecule has 0 spiro atoms. The monoisotopic (exact) mass is 449 g/mol. The van der Waals surface area contributed by atoms with Gasteiger partial charge in [0.15, 0.2) is 5.96 Å². The fourth-order valence-electron chi connectivity index (χ4n) is 3.31. The third kappa shape index (κ3) is 7.16. The zero-order valence-electron chi connectivity index (χ0n) is 17.7. The summed E-state index contributed by atoms with van der Waals surface area (Å²) in [7, 11) is 3.51. The summed E-state index contributed by atoms with van der Waals surface area (Å²) in [5.41, 5.74) is 1.26. The van der Waals surface area contributed by atoms with Crippen molar-refractivity contribution in [2.45, 2.75) is 16.8 Å². The first kappa shape index (κ1) is 22.9. The molecule has 1 saturated heterocycles. The second-order valence-corrected chi connectivity index (χ2v) is 9.05. The molecule has 3 rings (SSSR count). The van der Waals surface area contributed by atoms with E-state index >= 15 is 0 Å². The Kier molecular flexibility index (Phi) is 9.75. The van der Waals surface area contributed by atoms with E-state index in [1.165, 1.54) is 5.56 Å². The highest BCUT2D eigenvalue weighted by Gasteiger charge is 2.23. The molecule has 7 nitrogen and oxygen atoms in total. The molecule has 1 fully saturated rings. The average Bonchev–Trinajstić information content (AvgIpc) is 3.32. The number of nitrogens with zero attached hydrogens (tertiary/aromatic N) is 3. The molecule has 2 N–H and O–H groups in total. The molecule has 30 heavy (non-hydrogen) atoms. The van der Waals surface area contributed by atoms with E-state index in [0.29, 0.717) is 0 Å². The number of aromatic nitrogens is 1. The molecule has 1 aromatic heterocycles. The van der Waals surface area contributed by atoms with Gasteiger partial charge in [-0.2, -0.15) is 0 Å². The van der Waals surface area contributed by atoms with E-state index in [4.69, 9.17) is 9.47 Å². The average molecular weight is 450 g/mol. The minimum Gasteiger partial charge on any atom is -0.497 e. The van der Waals surface area contributed by atoms with Crippen LogP contribution in [0.2, 0.25) is 0 Å². The van der Waals surface area contributed by atoms with Crippen molar-refractivity contribution in [1.29, 1.82) is 0 Å². The van der Waals surface area contributed by atoms with Crippen LogP contribution in [0.4, 0.5) is 0 Å². The van der Waals surface area contributed by atoms with Gasteiger partial charge in [0.05, 0.1) is 26.4 Å². The van der Waals surface area contributed by atoms with Gasteiger partial charge in [-0.1, -0.05) is 23.9 Å². The van der Waals surface area contributed by atoms with Crippen molar-refractivity contribution in [1.82, 2.24) is 20.5 Å². The maximum absolute atomic E-state index is 5.55. The number of morpholine rings is 1. The Morgan fingerprint density at radius 2 is 2.10 bits per heavy atom. The van der Waals surface area contributed by atoms with Crippen molar-refractivity contribution >= 4 is 29.1 Å². The minimum absolute atomic E-state index is 0.249. The number of thiazole rings is 1. The molecule has 1 atom stereocenters. The maximum Gasteiger partial charge on any atom is 0.191 e. The third-order valence-corrected chi connectivity index (χ3v) is 6.97. The molecule has 1 aromatic carbocycles. The lowest BCUT2D eigenvalue weighted by Gasteiger charge is -2.35. The summed E-state index contributed by atoms with van der Waals surface area (Å²) in [6.07, 6.45) is 2.90. The topological polar surface area (TPSA) is 71.0 Å². The largest absolute Gasteiger partial charge is 0.497 e. The Hall–Kier alpha value is -1.81. The standard InChI is InChI=1S/C21H31N5O2S2/c1-22-20(23-8-3-14-29-21-24-9-15-30-21)25-16-19(26-10-12-28-13-11-26)17-4-6-18(27-2)7-5-17/h4-7,9,15,19H,3,8,10-14,16H2,1-2H3,(H2,22,23,25). The quantitative estimate of drug-likeness (QED) is 0.250. The van der Waals surface area contributed by atoms with Gasteiger partial charge < -0.3 is 20.1 Å². The van der Waals surface area contributed by atoms with Gasteiger partial charge in [-0.05, 0) is 24.1 Å². The Labute approximate surface area is 187 Å². The first-order valence-electron chi connectivity index (χ1n) is 10.2. The highest BCUT2D eigenvalue weighted by Crippen LogP contribution is 2.24. The van der Waals surface area contributed by atoms with Crippen molar-refractivity contribution < 1.29 is 9.47 Å². The molecule has 0 saturated carbocycles. The molecule has 0 aliphatic carbocycles. The van der Waals surface area contributed by atoms with Crippen LogP contribution in [0.5, 0.6) is 5.75 Å². The van der Waals surface area contributed by atoms with Crippen molar-refractivity contribution in [3.63, 3.8) is 0 Å². The Morgan fingerprint density at radius 3 is 2.77 bits per heavy atom. The van der Waals surface area contributed by atoms with E-state index in [1.807, 2.05) is 30.8 Å². The number of hydrogen-bond acceptors (Lipinski definition) is 7. The van der Waals surface area contributed by atoms with Gasteiger partial charge in [0.2, 0.25) is 0 Å². The van der Waals surface area contributed by atoms with Crippen molar-refractivity contribution in [3.8, 4) is 5.75 Å². The van der Waals surface area contributed by atoms with Crippen molar-refractivity contribution in [2.75, 3.05) is 59.3 Å². The number of hydrogen-bond donors (Lipinski definition) is 2. The van der Waals surface area contributed by atoms with Gasteiger partial charge >= 0.3 is 0 Å². The van der Waals surface area contributed by atoms with Crippen LogP contribution in [0.25, 0.3) is 0 Å². The highest BCUT2D eigenvalue weighted by atomic mass is 32.2. The number of aliphatic imine (C=N–C) groups is 1. The predicted octanol–water partition coefficient (Wildman–Crippen LogP) is 2.87. The van der Waals surface area contributed by atoms with Crippen LogP contribution in [0.1, 0.15) is 18.0 Å². The summed E-state index contributed by atoms with van der Waals surface area (Å²) in [6.45, 7) is 5.06. The van der Waals surface area contributed by atoms with Gasteiger partial charge in [-0.25, -0.2) is 4.98 Å². The Morgan fingerprint density at radius 1 is 1.30 bits per heavy atom. The van der Waals surface area contributed by atoms with E-state index < -0.39 is 0 Å². The number of thioether (sulfide) groups is 1. The molecule has 1 aliphatic heterocycles. The maximum atomic E-state index is 5.55. The van der Waals surface area contributed by atoms with Crippen LogP contribution in [-0.2, 0) is 4.74 Å². The Balaban J connectivity index is 1.49. The molecule has 164 valence electrons. The van der Waals surface area contributed by atoms with Gasteiger partial charge in [-0.15, -0.1) is 11.3 Å². The van der Waals surface area contributed by atoms with E-state index in [-0.39, 0.29) is 6.04 Å². The SMILES string of the molecule is CN=C(NCCCSc1nccs1)NCC(c1ccc(OC)cc1)N1CCOCC1. The van der Waals surface area contributed by atoms with E-state index in [1.54, 1.807) is 30.2 Å². The van der Waals surface area contributed by atoms with Crippen molar-refractivity contribution in [3.05, 3.63) is 41.4 Å². The van der Waals surface area contributed by atoms with Crippen LogP contribution in [0, 0.1) is 0 Å². The predicted molar refractivity (Wildman–Crippen MR) is 125 cm³/mol. The summed E-state index contributed by atoms with van der Waals surface area (Å²) in [5.74, 6) is 2.75.